The van der Waals surface area contributed by atoms with Crippen molar-refractivity contribution in [1.82, 2.24) is 4.31 Å². The fourth-order valence-electron chi connectivity index (χ4n) is 2.99. The van der Waals surface area contributed by atoms with E-state index in [-0.39, 0.29) is 24.6 Å². The van der Waals surface area contributed by atoms with Crippen molar-refractivity contribution in [3.63, 3.8) is 0 Å². The van der Waals surface area contributed by atoms with Gasteiger partial charge >= 0.3 is 5.97 Å². The zero-order valence-electron chi connectivity index (χ0n) is 14.8. The summed E-state index contributed by atoms with van der Waals surface area (Å²) in [4.78, 5) is 12.4. The Kier molecular flexibility index (Phi) is 6.75. The van der Waals surface area contributed by atoms with E-state index < -0.39 is 27.7 Å². The van der Waals surface area contributed by atoms with Gasteiger partial charge in [0.2, 0.25) is 10.0 Å². The van der Waals surface area contributed by atoms with E-state index in [4.69, 9.17) is 16.3 Å². The number of hydrogen-bond acceptors (Lipinski definition) is 4. The lowest BCUT2D eigenvalue weighted by molar-refractivity contribution is -0.151. The summed E-state index contributed by atoms with van der Waals surface area (Å²) in [6.45, 7) is 0.288. The second-order valence-corrected chi connectivity index (χ2v) is 9.77. The van der Waals surface area contributed by atoms with Gasteiger partial charge < -0.3 is 4.74 Å². The summed E-state index contributed by atoms with van der Waals surface area (Å²) in [5.41, 5.74) is 0.291. The van der Waals surface area contributed by atoms with Crippen LogP contribution in [-0.4, -0.2) is 31.8 Å². The molecule has 1 aliphatic rings. The van der Waals surface area contributed by atoms with Gasteiger partial charge in [0.1, 0.15) is 12.4 Å². The van der Waals surface area contributed by atoms with Crippen LogP contribution >= 0.6 is 27.5 Å². The highest BCUT2D eigenvalue weighted by Gasteiger charge is 2.32. The van der Waals surface area contributed by atoms with Gasteiger partial charge in [0.05, 0.1) is 10.8 Å². The molecule has 0 atom stereocenters. The standard InChI is InChI=1S/C19H18BrClFNO4S/c20-15-2-1-14(18(22)11-15)12-27-19(24)13-7-9-23(10-8-13)28(25,26)17-5-3-16(21)4-6-17/h1-6,11,13H,7-10,12H2. The minimum atomic E-state index is -3.62. The van der Waals surface area contributed by atoms with Crippen LogP contribution in [0.4, 0.5) is 4.39 Å². The van der Waals surface area contributed by atoms with Crippen LogP contribution < -0.4 is 0 Å². The molecule has 150 valence electrons. The van der Waals surface area contributed by atoms with E-state index in [0.717, 1.165) is 0 Å². The third-order valence-electron chi connectivity index (χ3n) is 4.62. The largest absolute Gasteiger partial charge is 0.460 e. The van der Waals surface area contributed by atoms with Crippen LogP contribution in [0.2, 0.25) is 5.02 Å². The van der Waals surface area contributed by atoms with E-state index >= 15 is 0 Å². The molecule has 0 spiro atoms. The molecule has 0 unspecified atom stereocenters. The summed E-state index contributed by atoms with van der Waals surface area (Å²) in [5, 5.41) is 0.461. The number of benzene rings is 2. The van der Waals surface area contributed by atoms with Crippen LogP contribution in [0, 0.1) is 11.7 Å². The fourth-order valence-corrected chi connectivity index (χ4v) is 4.92. The summed E-state index contributed by atoms with van der Waals surface area (Å²) in [7, 11) is -3.62. The molecule has 0 aliphatic carbocycles. The number of hydrogen-bond donors (Lipinski definition) is 0. The minimum Gasteiger partial charge on any atom is -0.460 e. The Hall–Kier alpha value is -1.48. The number of rotatable bonds is 5. The van der Waals surface area contributed by atoms with Gasteiger partial charge in [-0.15, -0.1) is 0 Å². The molecule has 0 aromatic heterocycles. The molecule has 0 N–H and O–H groups in total. The molecule has 0 radical (unpaired) electrons. The molecule has 1 heterocycles. The molecule has 5 nitrogen and oxygen atoms in total. The summed E-state index contributed by atoms with van der Waals surface area (Å²) >= 11 is 8.98. The topological polar surface area (TPSA) is 63.7 Å². The van der Waals surface area contributed by atoms with E-state index in [0.29, 0.717) is 27.9 Å². The lowest BCUT2D eigenvalue weighted by atomic mass is 9.98. The van der Waals surface area contributed by atoms with Gasteiger partial charge in [0, 0.05) is 28.1 Å². The van der Waals surface area contributed by atoms with Crippen molar-refractivity contribution < 1.29 is 22.3 Å². The van der Waals surface area contributed by atoms with Crippen molar-refractivity contribution in [2.75, 3.05) is 13.1 Å². The fraction of sp³-hybridized carbons (Fsp3) is 0.316. The van der Waals surface area contributed by atoms with Gasteiger partial charge in [-0.05, 0) is 49.2 Å². The van der Waals surface area contributed by atoms with Crippen molar-refractivity contribution in [3.05, 3.63) is 63.3 Å². The summed E-state index contributed by atoms with van der Waals surface area (Å²) < 4.78 is 46.3. The summed E-state index contributed by atoms with van der Waals surface area (Å²) in [6, 6.07) is 10.5. The highest BCUT2D eigenvalue weighted by Crippen LogP contribution is 2.26. The van der Waals surface area contributed by atoms with Gasteiger partial charge in [-0.25, -0.2) is 12.8 Å². The molecule has 1 fully saturated rings. The van der Waals surface area contributed by atoms with Crippen LogP contribution in [0.1, 0.15) is 18.4 Å². The minimum absolute atomic E-state index is 0.152. The van der Waals surface area contributed by atoms with Gasteiger partial charge in [0.15, 0.2) is 0 Å². The van der Waals surface area contributed by atoms with Crippen LogP contribution in [0.15, 0.2) is 51.8 Å². The van der Waals surface area contributed by atoms with E-state index in [9.17, 15) is 17.6 Å². The van der Waals surface area contributed by atoms with E-state index in [1.807, 2.05) is 0 Å². The Labute approximate surface area is 176 Å². The average Bonchev–Trinajstić information content (AvgIpc) is 2.67. The first-order valence-corrected chi connectivity index (χ1v) is 11.2. The van der Waals surface area contributed by atoms with Gasteiger partial charge in [-0.3, -0.25) is 4.79 Å². The maximum Gasteiger partial charge on any atom is 0.309 e. The number of sulfonamides is 1. The van der Waals surface area contributed by atoms with Crippen molar-refractivity contribution in [2.45, 2.75) is 24.3 Å². The second-order valence-electron chi connectivity index (χ2n) is 6.48. The first-order chi connectivity index (χ1) is 13.3. The first kappa shape index (κ1) is 21.2. The zero-order valence-corrected chi connectivity index (χ0v) is 17.9. The van der Waals surface area contributed by atoms with E-state index in [1.54, 1.807) is 12.1 Å². The molecule has 3 rings (SSSR count). The van der Waals surface area contributed by atoms with Gasteiger partial charge in [-0.1, -0.05) is 33.6 Å². The van der Waals surface area contributed by atoms with Crippen LogP contribution in [0.25, 0.3) is 0 Å². The molecule has 0 amide bonds. The SMILES string of the molecule is O=C(OCc1ccc(Br)cc1F)C1CCN(S(=O)(=O)c2ccc(Cl)cc2)CC1. The summed E-state index contributed by atoms with van der Waals surface area (Å²) in [5.74, 6) is -1.30. The maximum atomic E-state index is 13.8. The van der Waals surface area contributed by atoms with E-state index in [1.165, 1.54) is 34.6 Å². The molecule has 9 heteroatoms. The smallest absolute Gasteiger partial charge is 0.309 e. The number of ether oxygens (including phenoxy) is 1. The third kappa shape index (κ3) is 4.92. The molecule has 1 aliphatic heterocycles. The lowest BCUT2D eigenvalue weighted by Crippen LogP contribution is -2.40. The van der Waals surface area contributed by atoms with Gasteiger partial charge in [0.25, 0.3) is 0 Å². The lowest BCUT2D eigenvalue weighted by Gasteiger charge is -2.30. The molecule has 0 saturated carbocycles. The Balaban J connectivity index is 1.55. The molecule has 2 aromatic carbocycles. The highest BCUT2D eigenvalue weighted by atomic mass is 79.9. The highest BCUT2D eigenvalue weighted by molar-refractivity contribution is 9.10. The number of carbonyl (C=O) groups is 1. The Morgan fingerprint density at radius 1 is 1.18 bits per heavy atom. The van der Waals surface area contributed by atoms with Crippen LogP contribution in [-0.2, 0) is 26.2 Å². The van der Waals surface area contributed by atoms with Crippen LogP contribution in [0.3, 0.4) is 0 Å². The molecule has 2 aromatic rings. The quantitative estimate of drug-likeness (QED) is 0.583. The molecule has 0 bridgehead atoms. The summed E-state index contributed by atoms with van der Waals surface area (Å²) in [6.07, 6.45) is 0.711. The van der Waals surface area contributed by atoms with Gasteiger partial charge in [-0.2, -0.15) is 4.31 Å². The third-order valence-corrected chi connectivity index (χ3v) is 7.28. The molecular formula is C19H18BrClFNO4S. The monoisotopic (exact) mass is 489 g/mol. The first-order valence-electron chi connectivity index (χ1n) is 8.63. The Morgan fingerprint density at radius 2 is 1.82 bits per heavy atom. The number of nitrogens with zero attached hydrogens (tertiary/aromatic N) is 1. The predicted octanol–water partition coefficient (Wildman–Crippen LogP) is 4.39. The van der Waals surface area contributed by atoms with Crippen LogP contribution in [0.5, 0.6) is 0 Å². The average molecular weight is 491 g/mol. The van der Waals surface area contributed by atoms with Crippen molar-refractivity contribution in [2.24, 2.45) is 5.92 Å². The number of piperidine rings is 1. The Morgan fingerprint density at radius 3 is 2.43 bits per heavy atom. The second kappa shape index (κ2) is 8.90. The molecule has 28 heavy (non-hydrogen) atoms. The normalized spacial score (nSPS) is 16.1. The maximum absolute atomic E-state index is 13.8. The van der Waals surface area contributed by atoms with E-state index in [2.05, 4.69) is 15.9 Å². The molecular weight excluding hydrogens is 473 g/mol. The zero-order chi connectivity index (χ0) is 20.3. The molecule has 1 saturated heterocycles. The van der Waals surface area contributed by atoms with Crippen molar-refractivity contribution >= 4 is 43.5 Å². The predicted molar refractivity (Wildman–Crippen MR) is 107 cm³/mol. The van der Waals surface area contributed by atoms with Crippen molar-refractivity contribution in [1.29, 1.82) is 0 Å². The number of carbonyl (C=O) groups excluding carboxylic acids is 1. The number of esters is 1. The number of halogens is 3. The van der Waals surface area contributed by atoms with Crippen molar-refractivity contribution in [3.8, 4) is 0 Å². The Bertz CT molecular complexity index is 960.